The van der Waals surface area contributed by atoms with E-state index in [0.717, 1.165) is 6.42 Å². The summed E-state index contributed by atoms with van der Waals surface area (Å²) in [7, 11) is -4.07. The van der Waals surface area contributed by atoms with E-state index in [1.807, 2.05) is 20.8 Å². The average Bonchev–Trinajstić information content (AvgIpc) is 2.66. The second-order valence-corrected chi connectivity index (χ2v) is 10.1. The number of rotatable bonds is 4. The first-order chi connectivity index (χ1) is 9.75. The van der Waals surface area contributed by atoms with Crippen LogP contribution in [0.25, 0.3) is 0 Å². The lowest BCUT2D eigenvalue weighted by Crippen LogP contribution is -2.41. The maximum Gasteiger partial charge on any atom is 0.278 e. The van der Waals surface area contributed by atoms with Crippen LogP contribution in [0.15, 0.2) is 0 Å². The molecule has 0 amide bonds. The van der Waals surface area contributed by atoms with Crippen LogP contribution in [0.1, 0.15) is 54.4 Å². The molecule has 0 spiro atoms. The minimum atomic E-state index is -4.07. The highest BCUT2D eigenvalue weighted by Gasteiger charge is 2.69. The van der Waals surface area contributed by atoms with Gasteiger partial charge in [0.2, 0.25) is 0 Å². The van der Waals surface area contributed by atoms with Gasteiger partial charge in [0.25, 0.3) is 10.1 Å². The van der Waals surface area contributed by atoms with Gasteiger partial charge in [-0.3, -0.25) is 13.8 Å². The summed E-state index contributed by atoms with van der Waals surface area (Å²) >= 11 is 0. The van der Waals surface area contributed by atoms with E-state index in [2.05, 4.69) is 0 Å². The van der Waals surface area contributed by atoms with Crippen LogP contribution in [0.2, 0.25) is 0 Å². The Kier molecular flexibility index (Phi) is 3.90. The van der Waals surface area contributed by atoms with Crippen LogP contribution in [0.3, 0.4) is 0 Å². The molecule has 6 heteroatoms. The number of carbonyl (C=O) groups excluding carboxylic acids is 2. The Morgan fingerprint density at radius 1 is 1.27 bits per heavy atom. The summed E-state index contributed by atoms with van der Waals surface area (Å²) in [6.45, 7) is 10.4. The summed E-state index contributed by atoms with van der Waals surface area (Å²) in [4.78, 5) is 24.5. The average molecular weight is 330 g/mol. The number of hydrogen-bond donors (Lipinski definition) is 0. The first-order valence-electron chi connectivity index (χ1n) is 7.71. The van der Waals surface area contributed by atoms with Crippen LogP contribution in [-0.2, 0) is 23.9 Å². The van der Waals surface area contributed by atoms with Gasteiger partial charge in [-0.1, -0.05) is 41.5 Å². The van der Waals surface area contributed by atoms with Crippen molar-refractivity contribution >= 4 is 21.7 Å². The van der Waals surface area contributed by atoms with E-state index in [1.165, 1.54) is 0 Å². The third-order valence-corrected chi connectivity index (χ3v) is 7.58. The molecular weight excluding hydrogens is 304 g/mol. The van der Waals surface area contributed by atoms with E-state index >= 15 is 0 Å². The van der Waals surface area contributed by atoms with Crippen molar-refractivity contribution < 1.29 is 22.2 Å². The molecule has 126 valence electrons. The molecule has 0 N–H and O–H groups in total. The monoisotopic (exact) mass is 330 g/mol. The summed E-state index contributed by atoms with van der Waals surface area (Å²) in [5.41, 5.74) is -1.65. The van der Waals surface area contributed by atoms with Crippen molar-refractivity contribution in [1.82, 2.24) is 0 Å². The second-order valence-electron chi connectivity index (χ2n) is 8.41. The van der Waals surface area contributed by atoms with Crippen molar-refractivity contribution in [3.05, 3.63) is 0 Å². The summed E-state index contributed by atoms with van der Waals surface area (Å²) in [5.74, 6) is -0.783. The van der Waals surface area contributed by atoms with Gasteiger partial charge in [0.05, 0.1) is 0 Å². The quantitative estimate of drug-likeness (QED) is 0.739. The van der Waals surface area contributed by atoms with Crippen LogP contribution in [0.4, 0.5) is 0 Å². The van der Waals surface area contributed by atoms with E-state index in [9.17, 15) is 18.0 Å². The van der Waals surface area contributed by atoms with Crippen molar-refractivity contribution in [2.24, 2.45) is 22.2 Å². The van der Waals surface area contributed by atoms with Crippen LogP contribution in [0, 0.1) is 22.2 Å². The van der Waals surface area contributed by atoms with E-state index in [1.54, 1.807) is 20.8 Å². The van der Waals surface area contributed by atoms with Gasteiger partial charge in [-0.25, -0.2) is 0 Å². The van der Waals surface area contributed by atoms with E-state index in [4.69, 9.17) is 4.18 Å². The zero-order valence-corrected chi connectivity index (χ0v) is 15.0. The smallest absolute Gasteiger partial charge is 0.278 e. The van der Waals surface area contributed by atoms with Crippen molar-refractivity contribution in [1.29, 1.82) is 0 Å². The van der Waals surface area contributed by atoms with Crippen LogP contribution in [-0.4, -0.2) is 31.8 Å². The topological polar surface area (TPSA) is 77.5 Å². The minimum Gasteiger partial charge on any atom is -0.297 e. The number of Topliss-reactive ketones (excluding diaryl/α,β-unsaturated/α-hetero) is 2. The molecule has 2 fully saturated rings. The lowest BCUT2D eigenvalue weighted by molar-refractivity contribution is -0.129. The predicted molar refractivity (Wildman–Crippen MR) is 82.7 cm³/mol. The van der Waals surface area contributed by atoms with Gasteiger partial charge in [0.1, 0.15) is 11.9 Å². The maximum absolute atomic E-state index is 12.6. The molecule has 2 aliphatic carbocycles. The van der Waals surface area contributed by atoms with E-state index in [0.29, 0.717) is 6.42 Å². The molecule has 2 rings (SSSR count). The first kappa shape index (κ1) is 17.6. The first-order valence-corrected chi connectivity index (χ1v) is 9.18. The molecule has 2 bridgehead atoms. The minimum absolute atomic E-state index is 0.236. The normalized spacial score (nSPS) is 34.2. The molecule has 0 radical (unpaired) electrons. The largest absolute Gasteiger partial charge is 0.297 e. The van der Waals surface area contributed by atoms with Crippen molar-refractivity contribution in [3.63, 3.8) is 0 Å². The summed E-state index contributed by atoms with van der Waals surface area (Å²) in [6.07, 6.45) is 1.42. The predicted octanol–water partition coefficient (Wildman–Crippen LogP) is 2.34. The van der Waals surface area contributed by atoms with Gasteiger partial charge in [0, 0.05) is 10.8 Å². The molecule has 0 aromatic carbocycles. The summed E-state index contributed by atoms with van der Waals surface area (Å²) in [5, 5.41) is -1.13. The van der Waals surface area contributed by atoms with Crippen molar-refractivity contribution in [3.8, 4) is 0 Å². The van der Waals surface area contributed by atoms with Gasteiger partial charge in [-0.05, 0) is 24.2 Å². The van der Waals surface area contributed by atoms with Gasteiger partial charge in [-0.15, -0.1) is 0 Å². The molecule has 5 nitrogen and oxygen atoms in total. The zero-order chi connectivity index (χ0) is 17.1. The maximum atomic E-state index is 12.6. The standard InChI is InChI=1S/C16H26O5S/c1-14(2,3)11(17)9-21-22(19,20)12-10-7-8-16(6,13(12)18)15(10,4)5/h10,12H,7-9H2,1-6H3. The molecule has 3 unspecified atom stereocenters. The summed E-state index contributed by atoms with van der Waals surface area (Å²) in [6, 6.07) is 0. The molecule has 3 atom stereocenters. The Morgan fingerprint density at radius 3 is 2.23 bits per heavy atom. The van der Waals surface area contributed by atoms with Gasteiger partial charge >= 0.3 is 0 Å². The molecule has 0 heterocycles. The Labute approximate surface area is 132 Å². The third-order valence-electron chi connectivity index (χ3n) is 5.97. The fraction of sp³-hybridized carbons (Fsp3) is 0.875. The van der Waals surface area contributed by atoms with Crippen LogP contribution >= 0.6 is 0 Å². The second kappa shape index (κ2) is 4.87. The number of ketones is 2. The molecular formula is C16H26O5S. The van der Waals surface area contributed by atoms with Crippen LogP contribution in [0.5, 0.6) is 0 Å². The number of hydrogen-bond acceptors (Lipinski definition) is 5. The summed E-state index contributed by atoms with van der Waals surface area (Å²) < 4.78 is 30.0. The van der Waals surface area contributed by atoms with Crippen LogP contribution < -0.4 is 0 Å². The number of carbonyl (C=O) groups is 2. The number of fused-ring (bicyclic) bond motifs is 2. The highest BCUT2D eigenvalue weighted by Crippen LogP contribution is 2.65. The molecule has 0 saturated heterocycles. The highest BCUT2D eigenvalue weighted by molar-refractivity contribution is 7.88. The van der Waals surface area contributed by atoms with Crippen molar-refractivity contribution in [2.45, 2.75) is 59.6 Å². The van der Waals surface area contributed by atoms with E-state index in [-0.39, 0.29) is 22.9 Å². The van der Waals surface area contributed by atoms with E-state index < -0.39 is 32.8 Å². The van der Waals surface area contributed by atoms with Gasteiger partial charge in [0.15, 0.2) is 11.6 Å². The van der Waals surface area contributed by atoms with Gasteiger partial charge < -0.3 is 0 Å². The molecule has 0 aliphatic heterocycles. The lowest BCUT2D eigenvalue weighted by atomic mass is 9.70. The molecule has 0 aromatic heterocycles. The fourth-order valence-corrected chi connectivity index (χ4v) is 5.58. The van der Waals surface area contributed by atoms with Gasteiger partial charge in [-0.2, -0.15) is 8.42 Å². The Hall–Kier alpha value is -0.750. The zero-order valence-electron chi connectivity index (χ0n) is 14.2. The Bertz CT molecular complexity index is 611. The molecule has 0 aromatic rings. The molecule has 22 heavy (non-hydrogen) atoms. The fourth-order valence-electron chi connectivity index (χ4n) is 3.76. The third kappa shape index (κ3) is 2.35. The molecule has 2 saturated carbocycles. The Morgan fingerprint density at radius 2 is 1.82 bits per heavy atom. The SMILES string of the molecule is CC(C)(C)C(=O)COS(=O)(=O)C1C(=O)C2(C)CCC1C2(C)C. The highest BCUT2D eigenvalue weighted by atomic mass is 32.2. The lowest BCUT2D eigenvalue weighted by Gasteiger charge is -2.32. The Balaban J connectivity index is 2.22. The molecule has 2 aliphatic rings. The van der Waals surface area contributed by atoms with Crippen molar-refractivity contribution in [2.75, 3.05) is 6.61 Å².